The lowest BCUT2D eigenvalue weighted by atomic mass is 10.2. The van der Waals surface area contributed by atoms with Gasteiger partial charge in [-0.25, -0.2) is 9.67 Å². The van der Waals surface area contributed by atoms with Crippen LogP contribution in [0.1, 0.15) is 26.0 Å². The Kier molecular flexibility index (Phi) is 3.01. The first-order valence-corrected chi connectivity index (χ1v) is 7.90. The molecule has 0 saturated carbocycles. The van der Waals surface area contributed by atoms with Gasteiger partial charge in [0, 0.05) is 24.3 Å². The van der Waals surface area contributed by atoms with Gasteiger partial charge in [-0.3, -0.25) is 4.79 Å². The van der Waals surface area contributed by atoms with Crippen molar-refractivity contribution in [3.05, 3.63) is 47.7 Å². The largest absolute Gasteiger partial charge is 0.364 e. The first-order chi connectivity index (χ1) is 13.7. The molecule has 0 unspecified atom stereocenters. The van der Waals surface area contributed by atoms with Gasteiger partial charge < -0.3 is 15.5 Å². The highest BCUT2D eigenvalue weighted by atomic mass is 16.1. The van der Waals surface area contributed by atoms with E-state index in [1.165, 1.54) is 12.3 Å². The summed E-state index contributed by atoms with van der Waals surface area (Å²) < 4.78 is 23.6. The molecule has 0 aromatic carbocycles. The summed E-state index contributed by atoms with van der Waals surface area (Å²) in [6.45, 7) is -0.0659. The molecule has 0 saturated heterocycles. The average molecular weight is 353 g/mol. The van der Waals surface area contributed by atoms with Gasteiger partial charge in [-0.15, -0.1) is 5.10 Å². The summed E-state index contributed by atoms with van der Waals surface area (Å²) in [6, 6.07) is 5.42. The van der Waals surface area contributed by atoms with Crippen molar-refractivity contribution in [2.75, 3.05) is 24.2 Å². The zero-order valence-electron chi connectivity index (χ0n) is 17.2. The first-order valence-electron chi connectivity index (χ1n) is 9.40. The second kappa shape index (κ2) is 6.10. The third kappa shape index (κ3) is 2.53. The molecular formula is C17H18N8O. The van der Waals surface area contributed by atoms with Crippen molar-refractivity contribution >= 4 is 23.1 Å². The molecule has 9 heteroatoms. The number of pyridine rings is 1. The number of aromatic nitrogens is 5. The van der Waals surface area contributed by atoms with Crippen molar-refractivity contribution in [2.45, 2.75) is 13.5 Å². The predicted molar refractivity (Wildman–Crippen MR) is 96.9 cm³/mol. The van der Waals surface area contributed by atoms with Crippen LogP contribution >= 0.6 is 0 Å². The number of amides is 1. The number of aryl methyl sites for hydroxylation is 1. The van der Waals surface area contributed by atoms with Crippen LogP contribution in [0.5, 0.6) is 0 Å². The molecular weight excluding hydrogens is 332 g/mol. The number of carbonyl (C=O) groups is 1. The number of anilines is 3. The van der Waals surface area contributed by atoms with E-state index in [9.17, 15) is 4.79 Å². The monoisotopic (exact) mass is 353 g/mol. The number of fused-ring (bicyclic) bond motifs is 3. The number of rotatable bonds is 3. The summed E-state index contributed by atoms with van der Waals surface area (Å²) in [6.07, 6.45) is 3.04. The molecule has 0 bridgehead atoms. The number of carbonyl (C=O) groups excluding carboxylic acids is 1. The maximum absolute atomic E-state index is 12.3. The molecule has 0 fully saturated rings. The van der Waals surface area contributed by atoms with Gasteiger partial charge in [-0.05, 0) is 25.1 Å². The second-order valence-corrected chi connectivity index (χ2v) is 5.94. The van der Waals surface area contributed by atoms with Crippen LogP contribution < -0.4 is 15.5 Å². The Morgan fingerprint density at radius 1 is 1.35 bits per heavy atom. The summed E-state index contributed by atoms with van der Waals surface area (Å²) >= 11 is 0. The zero-order valence-corrected chi connectivity index (χ0v) is 14.2. The van der Waals surface area contributed by atoms with Gasteiger partial charge in [0.1, 0.15) is 5.69 Å². The minimum atomic E-state index is -2.63. The Morgan fingerprint density at radius 3 is 3.08 bits per heavy atom. The number of nitrogens with zero attached hydrogens (tertiary/aromatic N) is 6. The highest BCUT2D eigenvalue weighted by Crippen LogP contribution is 2.37. The summed E-state index contributed by atoms with van der Waals surface area (Å²) in [4.78, 5) is 18.8. The van der Waals surface area contributed by atoms with Crippen molar-refractivity contribution in [3.8, 4) is 5.69 Å². The van der Waals surface area contributed by atoms with E-state index in [2.05, 4.69) is 25.6 Å². The van der Waals surface area contributed by atoms with E-state index in [1.807, 2.05) is 41.0 Å². The fraction of sp³-hybridized carbons (Fsp3) is 0.235. The highest BCUT2D eigenvalue weighted by Gasteiger charge is 2.25. The van der Waals surface area contributed by atoms with Crippen LogP contribution in [-0.2, 0) is 6.54 Å². The third-order valence-corrected chi connectivity index (χ3v) is 4.12. The smallest absolute Gasteiger partial charge is 0.273 e. The molecule has 9 nitrogen and oxygen atoms in total. The van der Waals surface area contributed by atoms with Gasteiger partial charge in [0.15, 0.2) is 11.5 Å². The Morgan fingerprint density at radius 2 is 2.23 bits per heavy atom. The predicted octanol–water partition coefficient (Wildman–Crippen LogP) is 1.42. The lowest BCUT2D eigenvalue weighted by Crippen LogP contribution is -2.27. The van der Waals surface area contributed by atoms with Crippen molar-refractivity contribution in [2.24, 2.45) is 0 Å². The topological polar surface area (TPSA) is 101 Å². The first kappa shape index (κ1) is 12.8. The van der Waals surface area contributed by atoms with Gasteiger partial charge in [-0.1, -0.05) is 0 Å². The second-order valence-electron chi connectivity index (χ2n) is 5.94. The normalized spacial score (nSPS) is 14.5. The molecule has 132 valence electrons. The van der Waals surface area contributed by atoms with E-state index >= 15 is 0 Å². The molecule has 1 aliphatic heterocycles. The number of nitrogens with one attached hydrogen (secondary N) is 2. The third-order valence-electron chi connectivity index (χ3n) is 4.12. The minimum absolute atomic E-state index is 0.142. The van der Waals surface area contributed by atoms with Gasteiger partial charge in [0.05, 0.1) is 35.5 Å². The van der Waals surface area contributed by atoms with Crippen LogP contribution in [-0.4, -0.2) is 44.9 Å². The highest BCUT2D eigenvalue weighted by molar-refractivity contribution is 5.98. The van der Waals surface area contributed by atoms with Crippen molar-refractivity contribution in [1.82, 2.24) is 30.3 Å². The van der Waals surface area contributed by atoms with Crippen LogP contribution in [0.15, 0.2) is 30.6 Å². The van der Waals surface area contributed by atoms with E-state index in [0.717, 1.165) is 22.8 Å². The summed E-state index contributed by atoms with van der Waals surface area (Å²) in [5, 5.41) is 17.1. The molecule has 2 N–H and O–H groups in total. The Bertz CT molecular complexity index is 1090. The molecule has 4 heterocycles. The molecule has 26 heavy (non-hydrogen) atoms. The van der Waals surface area contributed by atoms with Crippen molar-refractivity contribution in [3.63, 3.8) is 0 Å². The lowest BCUT2D eigenvalue weighted by Gasteiger charge is -2.29. The summed E-state index contributed by atoms with van der Waals surface area (Å²) in [5.41, 5.74) is 3.75. The van der Waals surface area contributed by atoms with Crippen molar-refractivity contribution in [1.29, 1.82) is 0 Å². The molecule has 0 aliphatic carbocycles. The molecule has 0 radical (unpaired) electrons. The Balaban J connectivity index is 1.74. The zero-order chi connectivity index (χ0) is 20.8. The maximum Gasteiger partial charge on any atom is 0.273 e. The molecule has 0 spiro atoms. The van der Waals surface area contributed by atoms with Gasteiger partial charge >= 0.3 is 0 Å². The number of hydrogen-bond donors (Lipinski definition) is 2. The van der Waals surface area contributed by atoms with E-state index in [4.69, 9.17) is 4.11 Å². The molecule has 0 atom stereocenters. The fourth-order valence-corrected chi connectivity index (χ4v) is 3.07. The van der Waals surface area contributed by atoms with Crippen LogP contribution in [0.25, 0.3) is 5.69 Å². The molecule has 1 amide bonds. The number of hydrogen-bond acceptors (Lipinski definition) is 7. The van der Waals surface area contributed by atoms with Gasteiger partial charge in [0.25, 0.3) is 5.91 Å². The standard InChI is InChI=1S/C17H18N8O/c1-10-8-11-9-24(3)15-13(25(11)23-10)5-6-19-16(15)21-12-4-7-20-22-14(12)17(26)18-2/h4-8H,9H2,1-3H3,(H,18,26)(H,19,20,21)/i2D3. The van der Waals surface area contributed by atoms with Gasteiger partial charge in [0.2, 0.25) is 0 Å². The molecule has 4 rings (SSSR count). The summed E-state index contributed by atoms with van der Waals surface area (Å²) in [5.74, 6) is -0.372. The Labute approximate surface area is 154 Å². The molecule has 1 aliphatic rings. The van der Waals surface area contributed by atoms with Crippen molar-refractivity contribution < 1.29 is 8.91 Å². The maximum atomic E-state index is 12.3. The molecule has 3 aromatic heterocycles. The minimum Gasteiger partial charge on any atom is -0.364 e. The van der Waals surface area contributed by atoms with Crippen LogP contribution in [0, 0.1) is 6.92 Å². The van der Waals surface area contributed by atoms with E-state index < -0.39 is 12.9 Å². The lowest BCUT2D eigenvalue weighted by molar-refractivity contribution is 0.0958. The fourth-order valence-electron chi connectivity index (χ4n) is 3.07. The van der Waals surface area contributed by atoms with E-state index in [1.54, 1.807) is 6.20 Å². The molecule has 3 aromatic rings. The Hall–Kier alpha value is -3.49. The van der Waals surface area contributed by atoms with Gasteiger partial charge in [-0.2, -0.15) is 10.2 Å². The average Bonchev–Trinajstić information content (AvgIpc) is 3.01. The van der Waals surface area contributed by atoms with E-state index in [-0.39, 0.29) is 5.69 Å². The summed E-state index contributed by atoms with van der Waals surface area (Å²) in [7, 11) is 1.94. The van der Waals surface area contributed by atoms with Crippen LogP contribution in [0.2, 0.25) is 0 Å². The quantitative estimate of drug-likeness (QED) is 0.734. The van der Waals surface area contributed by atoms with E-state index in [0.29, 0.717) is 18.1 Å². The van der Waals surface area contributed by atoms with Crippen LogP contribution in [0.3, 0.4) is 0 Å². The SMILES string of the molecule is [2H]C([2H])([2H])NC(=O)c1nnccc1Nc1nccc2c1N(C)Cc1cc(C)nn1-2. The van der Waals surface area contributed by atoms with Crippen LogP contribution in [0.4, 0.5) is 17.2 Å².